The van der Waals surface area contributed by atoms with Crippen LogP contribution in [0.15, 0.2) is 34.9 Å². The fourth-order valence-corrected chi connectivity index (χ4v) is 2.22. The van der Waals surface area contributed by atoms with E-state index in [-0.39, 0.29) is 5.69 Å². The summed E-state index contributed by atoms with van der Waals surface area (Å²) in [5, 5.41) is 9.60. The molecule has 1 heterocycles. The van der Waals surface area contributed by atoms with Crippen LogP contribution in [0.5, 0.6) is 5.75 Å². The van der Waals surface area contributed by atoms with Crippen molar-refractivity contribution in [1.82, 2.24) is 4.57 Å². The van der Waals surface area contributed by atoms with E-state index in [2.05, 4.69) is 15.9 Å². The lowest BCUT2D eigenvalue weighted by molar-refractivity contribution is 0.0688. The second-order valence-corrected chi connectivity index (χ2v) is 4.86. The van der Waals surface area contributed by atoms with Gasteiger partial charge in [0.05, 0.1) is 12.1 Å². The van der Waals surface area contributed by atoms with E-state index in [0.29, 0.717) is 20.9 Å². The van der Waals surface area contributed by atoms with Crippen LogP contribution in [0.1, 0.15) is 10.5 Å². The summed E-state index contributed by atoms with van der Waals surface area (Å²) in [7, 11) is 1.51. The Labute approximate surface area is 117 Å². The van der Waals surface area contributed by atoms with Gasteiger partial charge >= 0.3 is 5.97 Å². The number of hydrogen-bond donors (Lipinski definition) is 1. The van der Waals surface area contributed by atoms with Gasteiger partial charge < -0.3 is 14.4 Å². The molecule has 0 bridgehead atoms. The molecule has 0 saturated heterocycles. The van der Waals surface area contributed by atoms with E-state index in [1.165, 1.54) is 13.2 Å². The third-order valence-electron chi connectivity index (χ3n) is 2.42. The van der Waals surface area contributed by atoms with Crippen LogP contribution in [0.2, 0.25) is 5.02 Å². The minimum absolute atomic E-state index is 0.159. The molecule has 0 aliphatic carbocycles. The molecule has 2 rings (SSSR count). The number of carboxylic acid groups (broad SMARTS) is 1. The van der Waals surface area contributed by atoms with Crippen molar-refractivity contribution in [1.29, 1.82) is 0 Å². The Morgan fingerprint density at radius 2 is 2.17 bits per heavy atom. The second-order valence-electron chi connectivity index (χ2n) is 3.54. The van der Waals surface area contributed by atoms with Crippen molar-refractivity contribution >= 4 is 33.5 Å². The molecule has 0 fully saturated rings. The quantitative estimate of drug-likeness (QED) is 0.935. The SMILES string of the molecule is COc1cc(-n2cc(Br)cc2C(=O)O)ccc1Cl. The average molecular weight is 331 g/mol. The molecule has 0 radical (unpaired) electrons. The third kappa shape index (κ3) is 2.37. The molecule has 4 nitrogen and oxygen atoms in total. The Morgan fingerprint density at radius 1 is 1.44 bits per heavy atom. The molecule has 1 aromatic heterocycles. The zero-order valence-electron chi connectivity index (χ0n) is 9.35. The molecule has 18 heavy (non-hydrogen) atoms. The number of methoxy groups -OCH3 is 1. The van der Waals surface area contributed by atoms with Crippen LogP contribution in [0.4, 0.5) is 0 Å². The van der Waals surface area contributed by atoms with E-state index in [0.717, 1.165) is 0 Å². The highest BCUT2D eigenvalue weighted by atomic mass is 79.9. The van der Waals surface area contributed by atoms with Crippen LogP contribution in [0.25, 0.3) is 5.69 Å². The number of rotatable bonds is 3. The minimum Gasteiger partial charge on any atom is -0.495 e. The molecule has 0 aliphatic rings. The Balaban J connectivity index is 2.58. The van der Waals surface area contributed by atoms with Gasteiger partial charge in [-0.25, -0.2) is 4.79 Å². The maximum atomic E-state index is 11.1. The van der Waals surface area contributed by atoms with Crippen molar-refractivity contribution in [2.45, 2.75) is 0 Å². The number of benzene rings is 1. The number of ether oxygens (including phenoxy) is 1. The van der Waals surface area contributed by atoms with E-state index in [4.69, 9.17) is 21.4 Å². The average Bonchev–Trinajstić information content (AvgIpc) is 2.72. The van der Waals surface area contributed by atoms with Gasteiger partial charge in [0.2, 0.25) is 0 Å². The van der Waals surface area contributed by atoms with Crippen LogP contribution in [0, 0.1) is 0 Å². The number of carbonyl (C=O) groups is 1. The minimum atomic E-state index is -1.00. The first kappa shape index (κ1) is 13.0. The summed E-state index contributed by atoms with van der Waals surface area (Å²) in [5.74, 6) is -0.509. The summed E-state index contributed by atoms with van der Waals surface area (Å²) < 4.78 is 7.35. The maximum absolute atomic E-state index is 11.1. The Morgan fingerprint density at radius 3 is 2.78 bits per heavy atom. The smallest absolute Gasteiger partial charge is 0.352 e. The Bertz CT molecular complexity index is 609. The van der Waals surface area contributed by atoms with Crippen LogP contribution < -0.4 is 4.74 Å². The largest absolute Gasteiger partial charge is 0.495 e. The first-order valence-electron chi connectivity index (χ1n) is 4.98. The number of carboxylic acids is 1. The predicted octanol–water partition coefficient (Wildman–Crippen LogP) is 3.60. The predicted molar refractivity (Wildman–Crippen MR) is 72.0 cm³/mol. The Hall–Kier alpha value is -1.46. The van der Waals surface area contributed by atoms with Gasteiger partial charge in [-0.15, -0.1) is 0 Å². The van der Waals surface area contributed by atoms with Gasteiger partial charge in [-0.1, -0.05) is 11.6 Å². The van der Waals surface area contributed by atoms with Crippen LogP contribution in [-0.2, 0) is 0 Å². The van der Waals surface area contributed by atoms with Crippen molar-refractivity contribution in [3.8, 4) is 11.4 Å². The van der Waals surface area contributed by atoms with Gasteiger partial charge in [0.25, 0.3) is 0 Å². The fourth-order valence-electron chi connectivity index (χ4n) is 1.61. The lowest BCUT2D eigenvalue weighted by Crippen LogP contribution is -2.05. The molecule has 6 heteroatoms. The number of aromatic nitrogens is 1. The molecular formula is C12H9BrClNO3. The van der Waals surface area contributed by atoms with Gasteiger partial charge in [-0.05, 0) is 34.1 Å². The van der Waals surface area contributed by atoms with Gasteiger partial charge in [-0.3, -0.25) is 0 Å². The topological polar surface area (TPSA) is 51.5 Å². The summed E-state index contributed by atoms with van der Waals surface area (Å²) >= 11 is 9.19. The molecule has 0 spiro atoms. The van der Waals surface area contributed by atoms with E-state index in [1.807, 2.05) is 0 Å². The van der Waals surface area contributed by atoms with E-state index < -0.39 is 5.97 Å². The van der Waals surface area contributed by atoms with Crippen molar-refractivity contribution in [2.75, 3.05) is 7.11 Å². The standard InChI is InChI=1S/C12H9BrClNO3/c1-18-11-5-8(2-3-9(11)14)15-6-7(13)4-10(15)12(16)17/h2-6H,1H3,(H,16,17). The molecular weight excluding hydrogens is 321 g/mol. The normalized spacial score (nSPS) is 10.4. The fraction of sp³-hybridized carbons (Fsp3) is 0.0833. The summed E-state index contributed by atoms with van der Waals surface area (Å²) in [4.78, 5) is 11.1. The summed E-state index contributed by atoms with van der Waals surface area (Å²) in [5.41, 5.74) is 0.825. The molecule has 2 aromatic rings. The number of hydrogen-bond acceptors (Lipinski definition) is 2. The third-order valence-corrected chi connectivity index (χ3v) is 3.16. The zero-order chi connectivity index (χ0) is 13.3. The molecule has 1 N–H and O–H groups in total. The highest BCUT2D eigenvalue weighted by molar-refractivity contribution is 9.10. The molecule has 94 valence electrons. The molecule has 1 aromatic carbocycles. The lowest BCUT2D eigenvalue weighted by atomic mass is 10.3. The van der Waals surface area contributed by atoms with E-state index in [1.54, 1.807) is 29.0 Å². The van der Waals surface area contributed by atoms with Crippen molar-refractivity contribution in [2.24, 2.45) is 0 Å². The summed E-state index contributed by atoms with van der Waals surface area (Å²) in [6.07, 6.45) is 1.67. The molecule has 0 unspecified atom stereocenters. The van der Waals surface area contributed by atoms with Gasteiger partial charge in [0.1, 0.15) is 11.4 Å². The second kappa shape index (κ2) is 5.04. The Kier molecular flexibility index (Phi) is 3.63. The molecule has 0 saturated carbocycles. The number of halogens is 2. The van der Waals surface area contributed by atoms with Crippen LogP contribution in [-0.4, -0.2) is 22.8 Å². The zero-order valence-corrected chi connectivity index (χ0v) is 11.7. The van der Waals surface area contributed by atoms with Gasteiger partial charge in [-0.2, -0.15) is 0 Å². The maximum Gasteiger partial charge on any atom is 0.352 e. The summed E-state index contributed by atoms with van der Waals surface area (Å²) in [6, 6.07) is 6.60. The van der Waals surface area contributed by atoms with Crippen LogP contribution >= 0.6 is 27.5 Å². The highest BCUT2D eigenvalue weighted by Crippen LogP contribution is 2.28. The van der Waals surface area contributed by atoms with E-state index >= 15 is 0 Å². The first-order chi connectivity index (χ1) is 8.52. The molecule has 0 amide bonds. The lowest BCUT2D eigenvalue weighted by Gasteiger charge is -2.09. The number of nitrogens with zero attached hydrogens (tertiary/aromatic N) is 1. The van der Waals surface area contributed by atoms with Crippen molar-refractivity contribution in [3.63, 3.8) is 0 Å². The van der Waals surface area contributed by atoms with Crippen LogP contribution in [0.3, 0.4) is 0 Å². The van der Waals surface area contributed by atoms with E-state index in [9.17, 15) is 4.79 Å². The highest BCUT2D eigenvalue weighted by Gasteiger charge is 2.14. The van der Waals surface area contributed by atoms with Crippen molar-refractivity contribution in [3.05, 3.63) is 45.7 Å². The molecule has 0 aliphatic heterocycles. The van der Waals surface area contributed by atoms with Crippen molar-refractivity contribution < 1.29 is 14.6 Å². The first-order valence-corrected chi connectivity index (χ1v) is 6.15. The molecule has 0 atom stereocenters. The number of aromatic carboxylic acids is 1. The van der Waals surface area contributed by atoms with Gasteiger partial charge in [0.15, 0.2) is 0 Å². The summed E-state index contributed by atoms with van der Waals surface area (Å²) in [6.45, 7) is 0. The monoisotopic (exact) mass is 329 g/mol. The van der Waals surface area contributed by atoms with Gasteiger partial charge in [0, 0.05) is 22.4 Å².